The van der Waals surface area contributed by atoms with E-state index in [2.05, 4.69) is 10.4 Å². The highest BCUT2D eigenvalue weighted by atomic mass is 16.7. The highest BCUT2D eigenvalue weighted by Gasteiger charge is 2.22. The van der Waals surface area contributed by atoms with Crippen molar-refractivity contribution >= 4 is 17.7 Å². The second kappa shape index (κ2) is 6.84. The van der Waals surface area contributed by atoms with E-state index in [0.29, 0.717) is 17.3 Å². The largest absolute Gasteiger partial charge is 0.454 e. The van der Waals surface area contributed by atoms with Crippen LogP contribution in [0.25, 0.3) is 0 Å². The Morgan fingerprint density at radius 1 is 1.20 bits per heavy atom. The summed E-state index contributed by atoms with van der Waals surface area (Å²) in [6, 6.07) is 6.50. The Morgan fingerprint density at radius 2 is 1.96 bits per heavy atom. The Kier molecular flexibility index (Phi) is 4.60. The minimum absolute atomic E-state index is 0.0942. The number of benzene rings is 1. The highest BCUT2D eigenvalue weighted by molar-refractivity contribution is 5.97. The lowest BCUT2D eigenvalue weighted by Crippen LogP contribution is -2.31. The minimum atomic E-state index is -0.964. The number of aromatic nitrogens is 2. The maximum absolute atomic E-state index is 12.3. The van der Waals surface area contributed by atoms with Crippen molar-refractivity contribution < 1.29 is 23.8 Å². The van der Waals surface area contributed by atoms with Crippen molar-refractivity contribution in [2.24, 2.45) is 0 Å². The summed E-state index contributed by atoms with van der Waals surface area (Å²) in [5.41, 5.74) is 0.288. The monoisotopic (exact) mass is 345 g/mol. The van der Waals surface area contributed by atoms with E-state index in [4.69, 9.17) is 14.2 Å². The number of ether oxygens (including phenoxy) is 3. The molecule has 1 aromatic carbocycles. The predicted molar refractivity (Wildman–Crippen MR) is 88.7 cm³/mol. The van der Waals surface area contributed by atoms with Gasteiger partial charge in [-0.05, 0) is 39.0 Å². The number of hydrogen-bond acceptors (Lipinski definition) is 6. The topological polar surface area (TPSA) is 91.7 Å². The van der Waals surface area contributed by atoms with Crippen molar-refractivity contribution in [2.75, 3.05) is 12.1 Å². The number of nitrogens with one attached hydrogen (secondary N) is 1. The second-order valence-corrected chi connectivity index (χ2v) is 5.86. The molecule has 8 nitrogen and oxygen atoms in total. The number of carbonyl (C=O) groups is 2. The van der Waals surface area contributed by atoms with Crippen LogP contribution in [-0.2, 0) is 9.53 Å². The Labute approximate surface area is 144 Å². The zero-order valence-electron chi connectivity index (χ0n) is 14.2. The van der Waals surface area contributed by atoms with Gasteiger partial charge in [-0.1, -0.05) is 0 Å². The van der Waals surface area contributed by atoms with Gasteiger partial charge in [0.1, 0.15) is 5.82 Å². The van der Waals surface area contributed by atoms with Gasteiger partial charge in [0.15, 0.2) is 17.6 Å². The molecule has 8 heteroatoms. The molecule has 0 saturated heterocycles. The summed E-state index contributed by atoms with van der Waals surface area (Å²) in [5.74, 6) is 0.553. The Hall–Kier alpha value is -3.03. The summed E-state index contributed by atoms with van der Waals surface area (Å²) in [4.78, 5) is 24.5. The fourth-order valence-electron chi connectivity index (χ4n) is 2.36. The molecule has 0 bridgehead atoms. The van der Waals surface area contributed by atoms with Gasteiger partial charge < -0.3 is 19.5 Å². The van der Waals surface area contributed by atoms with E-state index in [1.165, 1.54) is 13.0 Å². The molecule has 1 atom stereocenters. The van der Waals surface area contributed by atoms with Gasteiger partial charge in [-0.25, -0.2) is 9.48 Å². The lowest BCUT2D eigenvalue weighted by Gasteiger charge is -2.15. The molecule has 25 heavy (non-hydrogen) atoms. The normalized spacial score (nSPS) is 13.6. The molecular weight excluding hydrogens is 326 g/mol. The number of amides is 1. The maximum Gasteiger partial charge on any atom is 0.339 e. The zero-order valence-corrected chi connectivity index (χ0v) is 14.2. The molecule has 1 aliphatic heterocycles. The number of carbonyl (C=O) groups excluding carboxylic acids is 2. The lowest BCUT2D eigenvalue weighted by atomic mass is 10.2. The molecule has 0 fully saturated rings. The molecule has 1 N–H and O–H groups in total. The Bertz CT molecular complexity index is 799. The van der Waals surface area contributed by atoms with Crippen LogP contribution in [-0.4, -0.2) is 34.6 Å². The summed E-state index contributed by atoms with van der Waals surface area (Å²) in [7, 11) is 0. The molecule has 0 saturated carbocycles. The van der Waals surface area contributed by atoms with E-state index in [-0.39, 0.29) is 18.4 Å². The summed E-state index contributed by atoms with van der Waals surface area (Å²) >= 11 is 0. The lowest BCUT2D eigenvalue weighted by molar-refractivity contribution is -0.123. The van der Waals surface area contributed by atoms with Crippen LogP contribution in [0.5, 0.6) is 11.5 Å². The molecule has 2 heterocycles. The van der Waals surface area contributed by atoms with Crippen LogP contribution >= 0.6 is 0 Å². The van der Waals surface area contributed by atoms with Crippen LogP contribution in [0.3, 0.4) is 0 Å². The molecule has 1 amide bonds. The van der Waals surface area contributed by atoms with Crippen LogP contribution in [0, 0.1) is 0 Å². The van der Waals surface area contributed by atoms with Gasteiger partial charge in [0.05, 0.1) is 11.8 Å². The van der Waals surface area contributed by atoms with Crippen LogP contribution in [0.2, 0.25) is 0 Å². The smallest absolute Gasteiger partial charge is 0.339 e. The number of fused-ring (bicyclic) bond motifs is 1. The van der Waals surface area contributed by atoms with Gasteiger partial charge in [-0.15, -0.1) is 0 Å². The SMILES string of the molecule is CC(C)n1nccc1NC(=O)[C@@H](C)OC(=O)c1ccc2c(c1)OCO2. The van der Waals surface area contributed by atoms with Crippen LogP contribution < -0.4 is 14.8 Å². The fraction of sp³-hybridized carbons (Fsp3) is 0.353. The summed E-state index contributed by atoms with van der Waals surface area (Å²) < 4.78 is 17.3. The number of nitrogens with zero attached hydrogens (tertiary/aromatic N) is 2. The average Bonchev–Trinajstić information content (AvgIpc) is 3.22. The van der Waals surface area contributed by atoms with E-state index in [9.17, 15) is 9.59 Å². The molecular formula is C17H19N3O5. The molecule has 0 unspecified atom stereocenters. The van der Waals surface area contributed by atoms with E-state index in [0.717, 1.165) is 0 Å². The first-order valence-corrected chi connectivity index (χ1v) is 7.90. The standard InChI is InChI=1S/C17H19N3O5/c1-10(2)20-15(6-7-18-20)19-16(21)11(3)25-17(22)12-4-5-13-14(8-12)24-9-23-13/h4-8,10-11H,9H2,1-3H3,(H,19,21)/t11-/m1/s1. The van der Waals surface area contributed by atoms with Gasteiger partial charge in [-0.2, -0.15) is 5.10 Å². The molecule has 1 aromatic heterocycles. The van der Waals surface area contributed by atoms with Gasteiger partial charge in [0.25, 0.3) is 5.91 Å². The van der Waals surface area contributed by atoms with Crippen molar-refractivity contribution in [1.29, 1.82) is 0 Å². The molecule has 0 spiro atoms. The maximum atomic E-state index is 12.3. The van der Waals surface area contributed by atoms with Gasteiger partial charge in [0.2, 0.25) is 6.79 Å². The fourth-order valence-corrected chi connectivity index (χ4v) is 2.36. The van der Waals surface area contributed by atoms with Crippen molar-refractivity contribution in [3.05, 3.63) is 36.0 Å². The molecule has 132 valence electrons. The number of anilines is 1. The van der Waals surface area contributed by atoms with Crippen molar-refractivity contribution in [1.82, 2.24) is 9.78 Å². The Morgan fingerprint density at radius 3 is 2.72 bits per heavy atom. The van der Waals surface area contributed by atoms with Crippen molar-refractivity contribution in [3.8, 4) is 11.5 Å². The average molecular weight is 345 g/mol. The van der Waals surface area contributed by atoms with Crippen LogP contribution in [0.1, 0.15) is 37.2 Å². The molecule has 0 aliphatic carbocycles. The molecule has 1 aliphatic rings. The third kappa shape index (κ3) is 3.57. The predicted octanol–water partition coefficient (Wildman–Crippen LogP) is 2.38. The second-order valence-electron chi connectivity index (χ2n) is 5.86. The van der Waals surface area contributed by atoms with Gasteiger partial charge >= 0.3 is 5.97 Å². The zero-order chi connectivity index (χ0) is 18.0. The first-order chi connectivity index (χ1) is 12.0. The number of esters is 1. The van der Waals surface area contributed by atoms with E-state index >= 15 is 0 Å². The minimum Gasteiger partial charge on any atom is -0.454 e. The third-order valence-electron chi connectivity index (χ3n) is 3.67. The van der Waals surface area contributed by atoms with Crippen LogP contribution in [0.4, 0.5) is 5.82 Å². The highest BCUT2D eigenvalue weighted by Crippen LogP contribution is 2.32. The van der Waals surface area contributed by atoms with E-state index < -0.39 is 18.0 Å². The third-order valence-corrected chi connectivity index (χ3v) is 3.67. The summed E-state index contributed by atoms with van der Waals surface area (Å²) in [6.45, 7) is 5.53. The Balaban J connectivity index is 1.63. The van der Waals surface area contributed by atoms with Gasteiger partial charge in [0, 0.05) is 12.1 Å². The first-order valence-electron chi connectivity index (χ1n) is 7.90. The van der Waals surface area contributed by atoms with Crippen molar-refractivity contribution in [3.63, 3.8) is 0 Å². The van der Waals surface area contributed by atoms with E-state index in [1.807, 2.05) is 13.8 Å². The summed E-state index contributed by atoms with van der Waals surface area (Å²) in [6.07, 6.45) is 0.632. The molecule has 0 radical (unpaired) electrons. The summed E-state index contributed by atoms with van der Waals surface area (Å²) in [5, 5.41) is 6.85. The van der Waals surface area contributed by atoms with Gasteiger partial charge in [-0.3, -0.25) is 4.79 Å². The quantitative estimate of drug-likeness (QED) is 0.837. The first kappa shape index (κ1) is 16.8. The molecule has 3 rings (SSSR count). The molecule has 2 aromatic rings. The number of rotatable bonds is 5. The van der Waals surface area contributed by atoms with E-state index in [1.54, 1.807) is 29.1 Å². The van der Waals surface area contributed by atoms with Crippen LogP contribution in [0.15, 0.2) is 30.5 Å². The van der Waals surface area contributed by atoms with Crippen molar-refractivity contribution in [2.45, 2.75) is 32.9 Å². The number of hydrogen-bond donors (Lipinski definition) is 1.